The molecule has 128 valence electrons. The minimum absolute atomic E-state index is 0.643. The lowest BCUT2D eigenvalue weighted by Crippen LogP contribution is -2.45. The van der Waals surface area contributed by atoms with E-state index < -0.39 is 8.80 Å². The molecule has 1 fully saturated rings. The summed E-state index contributed by atoms with van der Waals surface area (Å²) in [5.74, 6) is 0.736. The molecule has 0 N–H and O–H groups in total. The monoisotopic (exact) mass is 334 g/mol. The molecule has 1 aromatic carbocycles. The summed E-state index contributed by atoms with van der Waals surface area (Å²) in [5.41, 5.74) is 2.84. The molecule has 1 saturated carbocycles. The lowest BCUT2D eigenvalue weighted by atomic mass is 10.0. The molecule has 2 rings (SSSR count). The van der Waals surface area contributed by atoms with Crippen LogP contribution >= 0.6 is 0 Å². The van der Waals surface area contributed by atoms with Gasteiger partial charge in [0.25, 0.3) is 0 Å². The summed E-state index contributed by atoms with van der Waals surface area (Å²) in [6.07, 6.45) is 5.95. The molecule has 0 unspecified atom stereocenters. The van der Waals surface area contributed by atoms with Crippen LogP contribution in [0.4, 0.5) is 0 Å². The Morgan fingerprint density at radius 2 is 1.57 bits per heavy atom. The zero-order valence-electron chi connectivity index (χ0n) is 14.7. The Morgan fingerprint density at radius 3 is 2.04 bits per heavy atom. The van der Waals surface area contributed by atoms with Gasteiger partial charge in [0.2, 0.25) is 0 Å². The van der Waals surface area contributed by atoms with E-state index in [2.05, 4.69) is 36.4 Å². The van der Waals surface area contributed by atoms with E-state index in [1.54, 1.807) is 0 Å². The molecule has 4 heteroatoms. The summed E-state index contributed by atoms with van der Waals surface area (Å²) in [6.45, 7) is 7.96. The first-order valence-electron chi connectivity index (χ1n) is 8.92. The minimum atomic E-state index is -2.52. The van der Waals surface area contributed by atoms with Crippen LogP contribution in [0.15, 0.2) is 36.4 Å². The van der Waals surface area contributed by atoms with Crippen molar-refractivity contribution in [3.05, 3.63) is 42.0 Å². The van der Waals surface area contributed by atoms with Gasteiger partial charge >= 0.3 is 8.80 Å². The molecule has 0 radical (unpaired) electrons. The van der Waals surface area contributed by atoms with Gasteiger partial charge in [-0.3, -0.25) is 0 Å². The van der Waals surface area contributed by atoms with Crippen LogP contribution in [0.1, 0.15) is 45.6 Å². The van der Waals surface area contributed by atoms with Crippen molar-refractivity contribution in [2.45, 2.75) is 46.1 Å². The predicted octanol–water partition coefficient (Wildman–Crippen LogP) is 4.92. The van der Waals surface area contributed by atoms with Crippen LogP contribution in [0.2, 0.25) is 6.04 Å². The fourth-order valence-corrected chi connectivity index (χ4v) is 5.45. The number of benzene rings is 1. The Labute approximate surface area is 142 Å². The molecule has 0 spiro atoms. The van der Waals surface area contributed by atoms with Gasteiger partial charge in [-0.1, -0.05) is 36.4 Å². The topological polar surface area (TPSA) is 27.7 Å². The molecule has 0 heterocycles. The molecule has 1 aliphatic carbocycles. The Kier molecular flexibility index (Phi) is 7.50. The third-order valence-corrected chi connectivity index (χ3v) is 7.12. The van der Waals surface area contributed by atoms with Crippen LogP contribution in [0.5, 0.6) is 0 Å². The van der Waals surface area contributed by atoms with Crippen molar-refractivity contribution in [2.75, 3.05) is 19.8 Å². The van der Waals surface area contributed by atoms with Crippen molar-refractivity contribution in [2.24, 2.45) is 5.92 Å². The molecule has 0 bridgehead atoms. The van der Waals surface area contributed by atoms with Crippen molar-refractivity contribution < 1.29 is 13.3 Å². The smallest absolute Gasteiger partial charge is 0.374 e. The van der Waals surface area contributed by atoms with E-state index in [9.17, 15) is 0 Å². The quantitative estimate of drug-likeness (QED) is 0.538. The maximum Gasteiger partial charge on any atom is 0.501 e. The van der Waals surface area contributed by atoms with Crippen molar-refractivity contribution in [1.82, 2.24) is 0 Å². The summed E-state index contributed by atoms with van der Waals surface area (Å²) in [7, 11) is -2.52. The van der Waals surface area contributed by atoms with Gasteiger partial charge in [0, 0.05) is 25.9 Å². The molecule has 1 aliphatic rings. The van der Waals surface area contributed by atoms with Crippen molar-refractivity contribution >= 4 is 14.4 Å². The van der Waals surface area contributed by atoms with Crippen molar-refractivity contribution in [1.29, 1.82) is 0 Å². The number of allylic oxidation sites excluding steroid dienone is 2. The summed E-state index contributed by atoms with van der Waals surface area (Å²) in [4.78, 5) is 0. The van der Waals surface area contributed by atoms with Gasteiger partial charge in [0.15, 0.2) is 0 Å². The van der Waals surface area contributed by atoms with Crippen LogP contribution in [-0.4, -0.2) is 28.6 Å². The highest BCUT2D eigenvalue weighted by atomic mass is 28.4. The summed E-state index contributed by atoms with van der Waals surface area (Å²) in [6, 6.07) is 11.6. The van der Waals surface area contributed by atoms with E-state index in [-0.39, 0.29) is 0 Å². The highest BCUT2D eigenvalue weighted by Crippen LogP contribution is 2.42. The Balaban J connectivity index is 2.05. The first kappa shape index (κ1) is 18.4. The van der Waals surface area contributed by atoms with Crippen molar-refractivity contribution in [3.8, 4) is 0 Å². The molecule has 0 aromatic heterocycles. The normalized spacial score (nSPS) is 15.9. The summed E-state index contributed by atoms with van der Waals surface area (Å²) in [5, 5.41) is 0. The lowest BCUT2D eigenvalue weighted by molar-refractivity contribution is 0.0716. The zero-order chi connectivity index (χ0) is 16.5. The third-order valence-electron chi connectivity index (χ3n) is 4.03. The zero-order valence-corrected chi connectivity index (χ0v) is 15.7. The first-order valence-corrected chi connectivity index (χ1v) is 10.8. The second-order valence-electron chi connectivity index (χ2n) is 5.82. The highest BCUT2D eigenvalue weighted by Gasteiger charge is 2.39. The van der Waals surface area contributed by atoms with Crippen molar-refractivity contribution in [3.63, 3.8) is 0 Å². The number of hydrogen-bond acceptors (Lipinski definition) is 3. The van der Waals surface area contributed by atoms with Gasteiger partial charge in [-0.05, 0) is 57.1 Å². The Bertz CT molecular complexity index is 466. The molecule has 1 aromatic rings. The van der Waals surface area contributed by atoms with Gasteiger partial charge in [-0.15, -0.1) is 0 Å². The SMILES string of the molecule is CCO[Si](CC/C=C(\c1ccccc1)C1CC1)(OCC)OCC. The van der Waals surface area contributed by atoms with Gasteiger partial charge in [-0.25, -0.2) is 0 Å². The van der Waals surface area contributed by atoms with Crippen LogP contribution in [0, 0.1) is 5.92 Å². The molecule has 3 nitrogen and oxygen atoms in total. The third kappa shape index (κ3) is 5.57. The van der Waals surface area contributed by atoms with Gasteiger partial charge in [0.05, 0.1) is 0 Å². The fraction of sp³-hybridized carbons (Fsp3) is 0.579. The average molecular weight is 335 g/mol. The van der Waals surface area contributed by atoms with Crippen LogP contribution in [0.3, 0.4) is 0 Å². The molecule has 23 heavy (non-hydrogen) atoms. The number of rotatable bonds is 11. The highest BCUT2D eigenvalue weighted by molar-refractivity contribution is 6.60. The van der Waals surface area contributed by atoms with Gasteiger partial charge in [-0.2, -0.15) is 0 Å². The molecule has 0 amide bonds. The largest absolute Gasteiger partial charge is 0.501 e. The Morgan fingerprint density at radius 1 is 1.00 bits per heavy atom. The second kappa shape index (κ2) is 9.38. The summed E-state index contributed by atoms with van der Waals surface area (Å²) >= 11 is 0. The summed E-state index contributed by atoms with van der Waals surface area (Å²) < 4.78 is 17.8. The van der Waals surface area contributed by atoms with E-state index in [1.165, 1.54) is 24.0 Å². The molecular weight excluding hydrogens is 304 g/mol. The van der Waals surface area contributed by atoms with Gasteiger partial charge < -0.3 is 13.3 Å². The van der Waals surface area contributed by atoms with E-state index >= 15 is 0 Å². The first-order chi connectivity index (χ1) is 11.2. The maximum absolute atomic E-state index is 5.94. The standard InChI is InChI=1S/C19H30O3Si/c1-4-20-23(21-5-2,22-6-3)16-10-13-19(18-14-15-18)17-11-8-7-9-12-17/h7-9,11-13,18H,4-6,10,14-16H2,1-3H3/b19-13+. The maximum atomic E-state index is 5.94. The van der Waals surface area contributed by atoms with E-state index in [4.69, 9.17) is 13.3 Å². The average Bonchev–Trinajstić information content (AvgIpc) is 3.38. The molecular formula is C19H30O3Si. The number of hydrogen-bond donors (Lipinski definition) is 0. The molecule has 0 aliphatic heterocycles. The molecule has 0 atom stereocenters. The lowest BCUT2D eigenvalue weighted by Gasteiger charge is -2.28. The van der Waals surface area contributed by atoms with E-state index in [0.717, 1.165) is 18.4 Å². The predicted molar refractivity (Wildman–Crippen MR) is 97.2 cm³/mol. The van der Waals surface area contributed by atoms with E-state index in [0.29, 0.717) is 19.8 Å². The Hall–Kier alpha value is -0.943. The van der Waals surface area contributed by atoms with E-state index in [1.807, 2.05) is 20.8 Å². The van der Waals surface area contributed by atoms with Crippen LogP contribution in [-0.2, 0) is 13.3 Å². The van der Waals surface area contributed by atoms with Crippen LogP contribution in [0.25, 0.3) is 5.57 Å². The van der Waals surface area contributed by atoms with Crippen LogP contribution < -0.4 is 0 Å². The molecule has 0 saturated heterocycles. The van der Waals surface area contributed by atoms with Gasteiger partial charge in [0.1, 0.15) is 0 Å². The second-order valence-corrected chi connectivity index (χ2v) is 8.55. The minimum Gasteiger partial charge on any atom is -0.374 e. The fourth-order valence-electron chi connectivity index (χ4n) is 2.95.